The van der Waals surface area contributed by atoms with E-state index in [1.54, 1.807) is 6.21 Å². The molecular weight excluding hydrogens is 309 g/mol. The van der Waals surface area contributed by atoms with E-state index < -0.39 is 5.92 Å². The lowest BCUT2D eigenvalue weighted by Crippen LogP contribution is -2.30. The lowest BCUT2D eigenvalue weighted by atomic mass is 10.0. The minimum Gasteiger partial charge on any atom is -0.389 e. The molecule has 2 heterocycles. The van der Waals surface area contributed by atoms with Gasteiger partial charge in [0.15, 0.2) is 6.21 Å². The van der Waals surface area contributed by atoms with Gasteiger partial charge in [0.1, 0.15) is 5.83 Å². The van der Waals surface area contributed by atoms with Crippen LogP contribution in [0.3, 0.4) is 0 Å². The van der Waals surface area contributed by atoms with Crippen molar-refractivity contribution in [3.8, 4) is 11.4 Å². The number of benzene rings is 1. The molecule has 3 rings (SSSR count). The van der Waals surface area contributed by atoms with Gasteiger partial charge in [-0.1, -0.05) is 11.2 Å². The van der Waals surface area contributed by atoms with Gasteiger partial charge in [0.25, 0.3) is 0 Å². The first-order valence-corrected chi connectivity index (χ1v) is 7.97. The second kappa shape index (κ2) is 6.82. The van der Waals surface area contributed by atoms with Crippen molar-refractivity contribution in [2.75, 3.05) is 11.9 Å². The summed E-state index contributed by atoms with van der Waals surface area (Å²) in [5.74, 6) is -0.0242. The average molecular weight is 330 g/mol. The molecule has 6 nitrogen and oxygen atoms in total. The molecule has 2 aromatic rings. The summed E-state index contributed by atoms with van der Waals surface area (Å²) in [6.45, 7) is 4.77. The average Bonchev–Trinajstić information content (AvgIpc) is 3.04. The minimum atomic E-state index is -0.475. The number of nitrogens with zero attached hydrogens (tertiary/aromatic N) is 2. The van der Waals surface area contributed by atoms with Crippen molar-refractivity contribution in [2.45, 2.75) is 32.2 Å². The molecular formula is C17H21FN5O+. The Morgan fingerprint density at radius 3 is 3.00 bits per heavy atom. The number of rotatable bonds is 5. The normalized spacial score (nSPS) is 17.3. The fourth-order valence-electron chi connectivity index (χ4n) is 2.65. The number of hydrogen-bond donors (Lipinski definition) is 3. The maximum Gasteiger partial charge on any atom is 0.237 e. The van der Waals surface area contributed by atoms with Crippen LogP contribution in [0.4, 0.5) is 10.1 Å². The molecule has 0 fully saturated rings. The fraction of sp³-hybridized carbons (Fsp3) is 0.353. The Morgan fingerprint density at radius 2 is 2.29 bits per heavy atom. The van der Waals surface area contributed by atoms with Crippen molar-refractivity contribution < 1.29 is 14.3 Å². The molecule has 1 unspecified atom stereocenters. The van der Waals surface area contributed by atoms with Crippen LogP contribution < -0.4 is 16.0 Å². The van der Waals surface area contributed by atoms with E-state index in [2.05, 4.69) is 20.8 Å². The first kappa shape index (κ1) is 16.2. The third-order valence-corrected chi connectivity index (χ3v) is 3.83. The molecule has 0 bridgehead atoms. The van der Waals surface area contributed by atoms with Gasteiger partial charge in [0.05, 0.1) is 11.5 Å². The van der Waals surface area contributed by atoms with Crippen molar-refractivity contribution >= 4 is 11.9 Å². The van der Waals surface area contributed by atoms with Gasteiger partial charge in [-0.15, -0.1) is 0 Å². The Morgan fingerprint density at radius 1 is 1.46 bits per heavy atom. The molecule has 0 spiro atoms. The van der Waals surface area contributed by atoms with E-state index in [1.165, 1.54) is 6.20 Å². The molecule has 1 aromatic heterocycles. The van der Waals surface area contributed by atoms with E-state index in [1.807, 2.05) is 32.0 Å². The largest absolute Gasteiger partial charge is 0.389 e. The Kier molecular flexibility index (Phi) is 4.59. The Bertz CT molecular complexity index is 768. The summed E-state index contributed by atoms with van der Waals surface area (Å²) in [6, 6.07) is 5.94. The predicted molar refractivity (Wildman–Crippen MR) is 90.1 cm³/mol. The summed E-state index contributed by atoms with van der Waals surface area (Å²) in [6.07, 6.45) is 3.49. The van der Waals surface area contributed by atoms with E-state index in [0.29, 0.717) is 24.7 Å². The third kappa shape index (κ3) is 3.29. The van der Waals surface area contributed by atoms with Crippen molar-refractivity contribution in [3.63, 3.8) is 0 Å². The quantitative estimate of drug-likeness (QED) is 0.725. The lowest BCUT2D eigenvalue weighted by Gasteiger charge is -2.15. The molecule has 4 N–H and O–H groups in total. The Balaban J connectivity index is 1.91. The van der Waals surface area contributed by atoms with Crippen LogP contribution in [0.2, 0.25) is 0 Å². The molecule has 1 aromatic carbocycles. The van der Waals surface area contributed by atoms with Gasteiger partial charge in [-0.2, -0.15) is 4.98 Å². The second-order valence-corrected chi connectivity index (χ2v) is 6.05. The van der Waals surface area contributed by atoms with E-state index in [9.17, 15) is 4.39 Å². The summed E-state index contributed by atoms with van der Waals surface area (Å²) in [7, 11) is 0. The van der Waals surface area contributed by atoms with Crippen LogP contribution >= 0.6 is 0 Å². The number of hydrogen-bond acceptors (Lipinski definition) is 5. The molecule has 0 radical (unpaired) electrons. The summed E-state index contributed by atoms with van der Waals surface area (Å²) in [4.78, 5) is 4.37. The topological polar surface area (TPSA) is 88.6 Å². The van der Waals surface area contributed by atoms with Crippen LogP contribution in [0.25, 0.3) is 11.4 Å². The zero-order valence-corrected chi connectivity index (χ0v) is 13.7. The molecule has 1 atom stereocenters. The summed E-state index contributed by atoms with van der Waals surface area (Å²) in [5, 5.41) is 15.9. The number of halogens is 1. The maximum atomic E-state index is 13.9. The van der Waals surface area contributed by atoms with Gasteiger partial charge >= 0.3 is 0 Å². The molecule has 0 saturated carbocycles. The molecule has 126 valence electrons. The zero-order valence-electron chi connectivity index (χ0n) is 13.7. The van der Waals surface area contributed by atoms with Crippen molar-refractivity contribution in [1.82, 2.24) is 15.5 Å². The van der Waals surface area contributed by atoms with Crippen LogP contribution in [0, 0.1) is 0 Å². The first-order chi connectivity index (χ1) is 11.6. The molecule has 7 heteroatoms. The number of nitrogens with two attached hydrogens (primary N) is 1. The monoisotopic (exact) mass is 330 g/mol. The van der Waals surface area contributed by atoms with Crippen molar-refractivity contribution in [2.24, 2.45) is 0 Å². The summed E-state index contributed by atoms with van der Waals surface area (Å²) >= 11 is 0. The first-order valence-electron chi connectivity index (χ1n) is 7.97. The number of aromatic nitrogens is 2. The highest BCUT2D eigenvalue weighted by Crippen LogP contribution is 2.31. The van der Waals surface area contributed by atoms with Crippen molar-refractivity contribution in [3.05, 3.63) is 41.7 Å². The number of allylic oxidation sites excluding steroid dienone is 1. The maximum absolute atomic E-state index is 13.9. The minimum absolute atomic E-state index is 0.258. The highest BCUT2D eigenvalue weighted by molar-refractivity contribution is 5.86. The standard InChI is InChI=1S/C17H20FN5O/c1-10(2)21-15-7-11(3-4-12(15)8-19)16-22-17(24-23-16)13-5-6-20-9-14(13)18/h3-4,7-10,13,19-21H,5-6H2,1-2H3/p+1. The SMILES string of the molecule is CC(C)Nc1cc(-c2noc(C3CCNC=C3F)n2)ccc1C=[NH2+]. The molecule has 0 amide bonds. The van der Waals surface area contributed by atoms with Crippen molar-refractivity contribution in [1.29, 1.82) is 0 Å². The van der Waals surface area contributed by atoms with E-state index in [-0.39, 0.29) is 11.9 Å². The second-order valence-electron chi connectivity index (χ2n) is 6.05. The predicted octanol–water partition coefficient (Wildman–Crippen LogP) is 1.62. The van der Waals surface area contributed by atoms with Gasteiger partial charge in [0, 0.05) is 30.0 Å². The van der Waals surface area contributed by atoms with Gasteiger partial charge in [-0.25, -0.2) is 4.39 Å². The van der Waals surface area contributed by atoms with Crippen LogP contribution in [0.5, 0.6) is 0 Å². The smallest absolute Gasteiger partial charge is 0.237 e. The fourth-order valence-corrected chi connectivity index (χ4v) is 2.65. The van der Waals surface area contributed by atoms with E-state index in [4.69, 9.17) is 9.93 Å². The van der Waals surface area contributed by atoms with Gasteiger partial charge < -0.3 is 15.2 Å². The van der Waals surface area contributed by atoms with Gasteiger partial charge in [0.2, 0.25) is 11.7 Å². The molecule has 1 aliphatic heterocycles. The number of nitrogens with one attached hydrogen (secondary N) is 2. The summed E-state index contributed by atoms with van der Waals surface area (Å²) in [5.41, 5.74) is 2.57. The highest BCUT2D eigenvalue weighted by Gasteiger charge is 2.26. The molecule has 1 aliphatic rings. The summed E-state index contributed by atoms with van der Waals surface area (Å²) < 4.78 is 19.2. The highest BCUT2D eigenvalue weighted by atomic mass is 19.1. The zero-order chi connectivity index (χ0) is 17.1. The lowest BCUT2D eigenvalue weighted by molar-refractivity contribution is -0.104. The van der Waals surface area contributed by atoms with Gasteiger partial charge in [-0.3, -0.25) is 5.41 Å². The van der Waals surface area contributed by atoms with Crippen LogP contribution in [-0.4, -0.2) is 28.9 Å². The molecule has 0 saturated heterocycles. The van der Waals surface area contributed by atoms with Crippen LogP contribution in [0.1, 0.15) is 37.6 Å². The van der Waals surface area contributed by atoms with Crippen LogP contribution in [0.15, 0.2) is 34.7 Å². The van der Waals surface area contributed by atoms with Gasteiger partial charge in [-0.05, 0) is 32.4 Å². The van der Waals surface area contributed by atoms with E-state index >= 15 is 0 Å². The third-order valence-electron chi connectivity index (χ3n) is 3.83. The number of anilines is 1. The molecule has 0 aliphatic carbocycles. The Hall–Kier alpha value is -2.70. The van der Waals surface area contributed by atoms with Crippen LogP contribution in [-0.2, 0) is 0 Å². The van der Waals surface area contributed by atoms with E-state index in [0.717, 1.165) is 16.8 Å². The molecule has 24 heavy (non-hydrogen) atoms. The Labute approximate surface area is 139 Å².